The summed E-state index contributed by atoms with van der Waals surface area (Å²) in [5, 5.41) is -0.137. The number of aryl methyl sites for hydroxylation is 1. The molecule has 2 aromatic carbocycles. The number of carbonyl (C=O) groups is 1. The fourth-order valence-corrected chi connectivity index (χ4v) is 2.59. The number of rotatable bonds is 2. The van der Waals surface area contributed by atoms with Crippen molar-refractivity contribution in [3.8, 4) is 11.5 Å². The molecule has 2 nitrogen and oxygen atoms in total. The van der Waals surface area contributed by atoms with Gasteiger partial charge in [0.1, 0.15) is 11.5 Å². The molecule has 114 valence electrons. The van der Waals surface area contributed by atoms with Crippen molar-refractivity contribution in [1.29, 1.82) is 0 Å². The number of Topliss-reactive ketones (excluding diaryl/α,β-unsaturated/α-hetero) is 1. The molecule has 0 saturated carbocycles. The van der Waals surface area contributed by atoms with Gasteiger partial charge in [-0.1, -0.05) is 17.7 Å². The lowest BCUT2D eigenvalue weighted by Gasteiger charge is -2.11. The van der Waals surface area contributed by atoms with Crippen LogP contribution in [0.3, 0.4) is 0 Å². The zero-order valence-electron chi connectivity index (χ0n) is 11.2. The normalized spacial score (nSPS) is 14.1. The number of alkyl halides is 3. The van der Waals surface area contributed by atoms with Gasteiger partial charge in [0.05, 0.1) is 10.6 Å². The lowest BCUT2D eigenvalue weighted by atomic mass is 10.1. The highest BCUT2D eigenvalue weighted by Crippen LogP contribution is 2.37. The molecule has 1 aliphatic rings. The Hall–Kier alpha value is -2.01. The fourth-order valence-electron chi connectivity index (χ4n) is 2.37. The molecular weight excluding hydrogens is 317 g/mol. The van der Waals surface area contributed by atoms with Gasteiger partial charge in [-0.05, 0) is 42.3 Å². The molecule has 0 saturated heterocycles. The minimum absolute atomic E-state index is 0.0407. The molecule has 6 heteroatoms. The number of carbonyl (C=O) groups excluding carboxylic acids is 1. The van der Waals surface area contributed by atoms with Gasteiger partial charge in [0.15, 0.2) is 5.78 Å². The van der Waals surface area contributed by atoms with Crippen LogP contribution in [0.2, 0.25) is 5.02 Å². The van der Waals surface area contributed by atoms with E-state index in [0.29, 0.717) is 24.2 Å². The maximum absolute atomic E-state index is 12.6. The van der Waals surface area contributed by atoms with Gasteiger partial charge in [0.2, 0.25) is 0 Å². The molecule has 2 aromatic rings. The smallest absolute Gasteiger partial charge is 0.416 e. The van der Waals surface area contributed by atoms with E-state index in [1.165, 1.54) is 6.07 Å². The van der Waals surface area contributed by atoms with Gasteiger partial charge in [0, 0.05) is 12.0 Å². The average Bonchev–Trinajstić information content (AvgIpc) is 2.81. The SMILES string of the molecule is O=C1CCc2ccc(Oc3ccc(C(F)(F)F)cc3Cl)cc21. The van der Waals surface area contributed by atoms with Crippen molar-refractivity contribution in [3.05, 3.63) is 58.1 Å². The number of hydrogen-bond donors (Lipinski definition) is 0. The molecule has 0 atom stereocenters. The van der Waals surface area contributed by atoms with Crippen molar-refractivity contribution in [1.82, 2.24) is 0 Å². The van der Waals surface area contributed by atoms with Crippen molar-refractivity contribution < 1.29 is 22.7 Å². The number of hydrogen-bond acceptors (Lipinski definition) is 2. The first-order valence-corrected chi connectivity index (χ1v) is 6.93. The molecule has 0 heterocycles. The van der Waals surface area contributed by atoms with Gasteiger partial charge in [-0.15, -0.1) is 0 Å². The van der Waals surface area contributed by atoms with Gasteiger partial charge < -0.3 is 4.74 Å². The van der Waals surface area contributed by atoms with E-state index in [1.54, 1.807) is 18.2 Å². The first-order valence-electron chi connectivity index (χ1n) is 6.55. The number of ketones is 1. The Labute approximate surface area is 129 Å². The maximum Gasteiger partial charge on any atom is 0.416 e. The first kappa shape index (κ1) is 14.9. The molecule has 0 N–H and O–H groups in total. The third-order valence-electron chi connectivity index (χ3n) is 3.49. The van der Waals surface area contributed by atoms with Crippen LogP contribution in [0.5, 0.6) is 11.5 Å². The Bertz CT molecular complexity index is 754. The summed E-state index contributed by atoms with van der Waals surface area (Å²) in [6.07, 6.45) is -3.28. The van der Waals surface area contributed by atoms with Crippen LogP contribution in [-0.4, -0.2) is 5.78 Å². The second-order valence-electron chi connectivity index (χ2n) is 4.99. The van der Waals surface area contributed by atoms with E-state index >= 15 is 0 Å². The number of halogens is 4. The van der Waals surface area contributed by atoms with Crippen molar-refractivity contribution in [3.63, 3.8) is 0 Å². The molecule has 0 radical (unpaired) electrons. The zero-order valence-corrected chi connectivity index (χ0v) is 12.0. The largest absolute Gasteiger partial charge is 0.456 e. The summed E-state index contributed by atoms with van der Waals surface area (Å²) in [6, 6.07) is 7.94. The molecule has 0 aliphatic heterocycles. The van der Waals surface area contributed by atoms with Crippen molar-refractivity contribution >= 4 is 17.4 Å². The first-order chi connectivity index (χ1) is 10.3. The summed E-state index contributed by atoms with van der Waals surface area (Å²) in [7, 11) is 0. The molecule has 0 fully saturated rings. The quantitative estimate of drug-likeness (QED) is 0.750. The van der Waals surface area contributed by atoms with Crippen LogP contribution in [0.15, 0.2) is 36.4 Å². The summed E-state index contributed by atoms with van der Waals surface area (Å²) in [4.78, 5) is 11.7. The van der Waals surface area contributed by atoms with E-state index < -0.39 is 11.7 Å². The van der Waals surface area contributed by atoms with Gasteiger partial charge in [-0.3, -0.25) is 4.79 Å². The van der Waals surface area contributed by atoms with Crippen LogP contribution in [-0.2, 0) is 12.6 Å². The van der Waals surface area contributed by atoms with Crippen molar-refractivity contribution in [2.75, 3.05) is 0 Å². The van der Waals surface area contributed by atoms with E-state index in [0.717, 1.165) is 17.7 Å². The third-order valence-corrected chi connectivity index (χ3v) is 3.79. The van der Waals surface area contributed by atoms with E-state index in [4.69, 9.17) is 16.3 Å². The Balaban J connectivity index is 1.88. The van der Waals surface area contributed by atoms with Crippen LogP contribution < -0.4 is 4.74 Å². The Kier molecular flexibility index (Phi) is 3.60. The molecule has 1 aliphatic carbocycles. The van der Waals surface area contributed by atoms with E-state index in [-0.39, 0.29) is 16.6 Å². The van der Waals surface area contributed by atoms with Crippen LogP contribution in [0.25, 0.3) is 0 Å². The zero-order chi connectivity index (χ0) is 15.9. The Morgan fingerprint density at radius 1 is 1.05 bits per heavy atom. The van der Waals surface area contributed by atoms with Crippen LogP contribution in [0.1, 0.15) is 27.9 Å². The number of benzene rings is 2. The standard InChI is InChI=1S/C16H10ClF3O2/c17-13-7-10(16(18,19)20)3-6-15(13)22-11-4-1-9-2-5-14(21)12(9)8-11/h1,3-4,6-8H,2,5H2. The number of ether oxygens (including phenoxy) is 1. The fraction of sp³-hybridized carbons (Fsp3) is 0.188. The molecule has 0 bridgehead atoms. The van der Waals surface area contributed by atoms with Gasteiger partial charge in [-0.25, -0.2) is 0 Å². The summed E-state index contributed by atoms with van der Waals surface area (Å²) in [5.41, 5.74) is 0.713. The highest BCUT2D eigenvalue weighted by molar-refractivity contribution is 6.32. The minimum Gasteiger partial charge on any atom is -0.456 e. The van der Waals surface area contributed by atoms with Crippen molar-refractivity contribution in [2.24, 2.45) is 0 Å². The summed E-state index contributed by atoms with van der Waals surface area (Å²) < 4.78 is 43.2. The van der Waals surface area contributed by atoms with Gasteiger partial charge in [0.25, 0.3) is 0 Å². The van der Waals surface area contributed by atoms with Crippen LogP contribution >= 0.6 is 11.6 Å². The van der Waals surface area contributed by atoms with Crippen LogP contribution in [0.4, 0.5) is 13.2 Å². The van der Waals surface area contributed by atoms with Gasteiger partial charge >= 0.3 is 6.18 Å². The highest BCUT2D eigenvalue weighted by atomic mass is 35.5. The highest BCUT2D eigenvalue weighted by Gasteiger charge is 2.31. The molecule has 0 aromatic heterocycles. The topological polar surface area (TPSA) is 26.3 Å². The lowest BCUT2D eigenvalue weighted by Crippen LogP contribution is -2.04. The van der Waals surface area contributed by atoms with Gasteiger partial charge in [-0.2, -0.15) is 13.2 Å². The molecule has 0 unspecified atom stereocenters. The number of fused-ring (bicyclic) bond motifs is 1. The lowest BCUT2D eigenvalue weighted by molar-refractivity contribution is -0.137. The molecule has 22 heavy (non-hydrogen) atoms. The van der Waals surface area contributed by atoms with Crippen LogP contribution in [0, 0.1) is 0 Å². The Morgan fingerprint density at radius 2 is 1.82 bits per heavy atom. The third kappa shape index (κ3) is 2.81. The monoisotopic (exact) mass is 326 g/mol. The predicted molar refractivity (Wildman–Crippen MR) is 75.6 cm³/mol. The molecular formula is C16H10ClF3O2. The maximum atomic E-state index is 12.6. The second-order valence-corrected chi connectivity index (χ2v) is 5.39. The summed E-state index contributed by atoms with van der Waals surface area (Å²) >= 11 is 5.84. The minimum atomic E-state index is -4.46. The average molecular weight is 327 g/mol. The van der Waals surface area contributed by atoms with E-state index in [9.17, 15) is 18.0 Å². The predicted octanol–water partition coefficient (Wildman–Crippen LogP) is 5.28. The summed E-state index contributed by atoms with van der Waals surface area (Å²) in [5.74, 6) is 0.523. The Morgan fingerprint density at radius 3 is 2.50 bits per heavy atom. The molecule has 0 spiro atoms. The second kappa shape index (κ2) is 5.32. The molecule has 3 rings (SSSR count). The van der Waals surface area contributed by atoms with E-state index in [1.807, 2.05) is 0 Å². The van der Waals surface area contributed by atoms with Crippen molar-refractivity contribution in [2.45, 2.75) is 19.0 Å². The molecule has 0 amide bonds. The van der Waals surface area contributed by atoms with E-state index in [2.05, 4.69) is 0 Å². The summed E-state index contributed by atoms with van der Waals surface area (Å²) in [6.45, 7) is 0.